The lowest BCUT2D eigenvalue weighted by Crippen LogP contribution is -2.34. The standard InChI is InChI=1S/C14H16N2O4/c1-9-2-3-10(8-18)6-11(9)15-12-7-13(19)16(4-5-17)14(12)20/h2-3,6-7,15,17-18H,4-5,8H2,1H3. The fourth-order valence-corrected chi connectivity index (χ4v) is 1.96. The number of carbonyl (C=O) groups excluding carboxylic acids is 2. The fourth-order valence-electron chi connectivity index (χ4n) is 1.96. The van der Waals surface area contributed by atoms with Gasteiger partial charge in [0.05, 0.1) is 19.8 Å². The van der Waals surface area contributed by atoms with Crippen LogP contribution < -0.4 is 5.32 Å². The molecule has 0 aromatic heterocycles. The molecule has 0 atom stereocenters. The molecule has 0 bridgehead atoms. The van der Waals surface area contributed by atoms with E-state index in [1.54, 1.807) is 12.1 Å². The minimum Gasteiger partial charge on any atom is -0.395 e. The van der Waals surface area contributed by atoms with Crippen LogP contribution in [0.3, 0.4) is 0 Å². The molecule has 0 saturated carbocycles. The van der Waals surface area contributed by atoms with Crippen LogP contribution in [0.25, 0.3) is 0 Å². The molecule has 0 radical (unpaired) electrons. The molecule has 20 heavy (non-hydrogen) atoms. The summed E-state index contributed by atoms with van der Waals surface area (Å²) in [5.41, 5.74) is 2.43. The molecule has 6 nitrogen and oxygen atoms in total. The number of nitrogens with one attached hydrogen (secondary N) is 1. The Labute approximate surface area is 116 Å². The highest BCUT2D eigenvalue weighted by Crippen LogP contribution is 2.21. The minimum absolute atomic E-state index is 0.0188. The van der Waals surface area contributed by atoms with E-state index in [9.17, 15) is 9.59 Å². The van der Waals surface area contributed by atoms with E-state index in [1.165, 1.54) is 6.08 Å². The van der Waals surface area contributed by atoms with Crippen LogP contribution in [-0.4, -0.2) is 40.1 Å². The predicted molar refractivity (Wildman–Crippen MR) is 72.6 cm³/mol. The Morgan fingerprint density at radius 3 is 2.65 bits per heavy atom. The van der Waals surface area contributed by atoms with Crippen LogP contribution in [0.1, 0.15) is 11.1 Å². The lowest BCUT2D eigenvalue weighted by Gasteiger charge is -2.14. The Balaban J connectivity index is 2.21. The molecule has 1 aliphatic rings. The number of rotatable bonds is 5. The van der Waals surface area contributed by atoms with E-state index >= 15 is 0 Å². The van der Waals surface area contributed by atoms with Crippen LogP contribution in [-0.2, 0) is 16.2 Å². The normalized spacial score (nSPS) is 14.8. The maximum absolute atomic E-state index is 12.0. The maximum atomic E-state index is 12.0. The molecule has 2 amide bonds. The van der Waals surface area contributed by atoms with Gasteiger partial charge in [-0.25, -0.2) is 0 Å². The summed E-state index contributed by atoms with van der Waals surface area (Å²) in [4.78, 5) is 24.6. The van der Waals surface area contributed by atoms with Gasteiger partial charge >= 0.3 is 0 Å². The Morgan fingerprint density at radius 2 is 2.00 bits per heavy atom. The zero-order chi connectivity index (χ0) is 14.7. The van der Waals surface area contributed by atoms with Crippen molar-refractivity contribution in [2.24, 2.45) is 0 Å². The summed E-state index contributed by atoms with van der Waals surface area (Å²) in [7, 11) is 0. The molecule has 1 aromatic rings. The first-order chi connectivity index (χ1) is 9.56. The SMILES string of the molecule is Cc1ccc(CO)cc1NC1=CC(=O)N(CCO)C1=O. The Kier molecular flexibility index (Phi) is 4.16. The number of anilines is 1. The number of aryl methyl sites for hydroxylation is 1. The molecular formula is C14H16N2O4. The number of hydrogen-bond acceptors (Lipinski definition) is 5. The number of aliphatic hydroxyl groups is 2. The molecule has 0 spiro atoms. The number of aliphatic hydroxyl groups excluding tert-OH is 2. The largest absolute Gasteiger partial charge is 0.395 e. The average molecular weight is 276 g/mol. The van der Waals surface area contributed by atoms with Crippen LogP contribution >= 0.6 is 0 Å². The van der Waals surface area contributed by atoms with Gasteiger partial charge in [0.1, 0.15) is 5.70 Å². The van der Waals surface area contributed by atoms with Gasteiger partial charge in [-0.1, -0.05) is 12.1 Å². The zero-order valence-corrected chi connectivity index (χ0v) is 11.1. The van der Waals surface area contributed by atoms with Crippen molar-refractivity contribution >= 4 is 17.5 Å². The lowest BCUT2D eigenvalue weighted by atomic mass is 10.1. The van der Waals surface area contributed by atoms with E-state index in [0.29, 0.717) is 11.3 Å². The van der Waals surface area contributed by atoms with Gasteiger partial charge in [0.2, 0.25) is 0 Å². The third-order valence-corrected chi connectivity index (χ3v) is 3.09. The van der Waals surface area contributed by atoms with Gasteiger partial charge in [-0.3, -0.25) is 14.5 Å². The molecule has 1 heterocycles. The minimum atomic E-state index is -0.460. The van der Waals surface area contributed by atoms with Crippen molar-refractivity contribution in [3.63, 3.8) is 0 Å². The molecule has 0 saturated heterocycles. The first kappa shape index (κ1) is 14.2. The molecule has 0 aliphatic carbocycles. The Morgan fingerprint density at radius 1 is 1.25 bits per heavy atom. The monoisotopic (exact) mass is 276 g/mol. The van der Waals surface area contributed by atoms with Crippen LogP contribution in [0.4, 0.5) is 5.69 Å². The number of hydrogen-bond donors (Lipinski definition) is 3. The molecule has 1 aromatic carbocycles. The second kappa shape index (κ2) is 5.85. The second-order valence-corrected chi connectivity index (χ2v) is 4.51. The van der Waals surface area contributed by atoms with Crippen molar-refractivity contribution in [2.75, 3.05) is 18.5 Å². The summed E-state index contributed by atoms with van der Waals surface area (Å²) in [6, 6.07) is 5.33. The van der Waals surface area contributed by atoms with Crippen LogP contribution in [0.5, 0.6) is 0 Å². The molecule has 3 N–H and O–H groups in total. The first-order valence-corrected chi connectivity index (χ1v) is 6.22. The van der Waals surface area contributed by atoms with E-state index in [4.69, 9.17) is 10.2 Å². The molecule has 6 heteroatoms. The number of benzene rings is 1. The quantitative estimate of drug-likeness (QED) is 0.666. The van der Waals surface area contributed by atoms with Gasteiger partial charge in [0, 0.05) is 11.8 Å². The van der Waals surface area contributed by atoms with Gasteiger partial charge in [0.25, 0.3) is 11.8 Å². The van der Waals surface area contributed by atoms with Gasteiger partial charge in [-0.2, -0.15) is 0 Å². The number of carbonyl (C=O) groups is 2. The van der Waals surface area contributed by atoms with E-state index in [0.717, 1.165) is 10.5 Å². The number of imide groups is 1. The van der Waals surface area contributed by atoms with E-state index < -0.39 is 11.8 Å². The Hall–Kier alpha value is -2.18. The zero-order valence-electron chi connectivity index (χ0n) is 11.1. The highest BCUT2D eigenvalue weighted by molar-refractivity contribution is 6.17. The average Bonchev–Trinajstić information content (AvgIpc) is 2.69. The number of amides is 2. The molecule has 0 fully saturated rings. The predicted octanol–water partition coefficient (Wildman–Crippen LogP) is 0.144. The van der Waals surface area contributed by atoms with Crippen molar-refractivity contribution in [2.45, 2.75) is 13.5 Å². The summed E-state index contributed by atoms with van der Waals surface area (Å²) in [5, 5.41) is 20.9. The van der Waals surface area contributed by atoms with E-state index in [1.807, 2.05) is 13.0 Å². The van der Waals surface area contributed by atoms with Crippen LogP contribution in [0.15, 0.2) is 30.0 Å². The maximum Gasteiger partial charge on any atom is 0.277 e. The highest BCUT2D eigenvalue weighted by atomic mass is 16.3. The van der Waals surface area contributed by atoms with Crippen LogP contribution in [0.2, 0.25) is 0 Å². The van der Waals surface area contributed by atoms with Crippen molar-refractivity contribution in [1.29, 1.82) is 0 Å². The fraction of sp³-hybridized carbons (Fsp3) is 0.286. The Bertz CT molecular complexity index is 581. The third-order valence-electron chi connectivity index (χ3n) is 3.09. The van der Waals surface area contributed by atoms with E-state index in [2.05, 4.69) is 5.32 Å². The van der Waals surface area contributed by atoms with Gasteiger partial charge in [-0.05, 0) is 24.1 Å². The number of β-amino-alcohol motifs (C(OH)–C–C–N with tert-alkyl or cyclic N) is 1. The second-order valence-electron chi connectivity index (χ2n) is 4.51. The molecular weight excluding hydrogens is 260 g/mol. The van der Waals surface area contributed by atoms with Crippen molar-refractivity contribution in [3.05, 3.63) is 41.1 Å². The number of nitrogens with zero attached hydrogens (tertiary/aromatic N) is 1. The summed E-state index contributed by atoms with van der Waals surface area (Å²) < 4.78 is 0. The molecule has 0 unspecified atom stereocenters. The topological polar surface area (TPSA) is 89.9 Å². The van der Waals surface area contributed by atoms with Crippen molar-refractivity contribution in [3.8, 4) is 0 Å². The molecule has 1 aliphatic heterocycles. The summed E-state index contributed by atoms with van der Waals surface area (Å²) in [5.74, 6) is -0.902. The van der Waals surface area contributed by atoms with Gasteiger partial charge < -0.3 is 15.5 Å². The van der Waals surface area contributed by atoms with Gasteiger partial charge in [0.15, 0.2) is 0 Å². The summed E-state index contributed by atoms with van der Waals surface area (Å²) >= 11 is 0. The van der Waals surface area contributed by atoms with E-state index in [-0.39, 0.29) is 25.5 Å². The first-order valence-electron chi connectivity index (χ1n) is 6.22. The van der Waals surface area contributed by atoms with Crippen LogP contribution in [0, 0.1) is 6.92 Å². The lowest BCUT2D eigenvalue weighted by molar-refractivity contribution is -0.137. The van der Waals surface area contributed by atoms with Gasteiger partial charge in [-0.15, -0.1) is 0 Å². The highest BCUT2D eigenvalue weighted by Gasteiger charge is 2.30. The molecule has 2 rings (SSSR count). The third kappa shape index (κ3) is 2.71. The molecule has 106 valence electrons. The summed E-state index contributed by atoms with van der Waals surface area (Å²) in [6.45, 7) is 1.47. The van der Waals surface area contributed by atoms with Crippen molar-refractivity contribution < 1.29 is 19.8 Å². The summed E-state index contributed by atoms with van der Waals surface area (Å²) in [6.07, 6.45) is 1.21. The smallest absolute Gasteiger partial charge is 0.277 e. The van der Waals surface area contributed by atoms with Crippen molar-refractivity contribution in [1.82, 2.24) is 4.90 Å².